The molecule has 0 bridgehead atoms. The Morgan fingerprint density at radius 1 is 1.15 bits per heavy atom. The zero-order chi connectivity index (χ0) is 23.4. The first-order valence-corrected chi connectivity index (χ1v) is 10.8. The Morgan fingerprint density at radius 2 is 1.91 bits per heavy atom. The van der Waals surface area contributed by atoms with Gasteiger partial charge in [0.05, 0.1) is 11.6 Å². The van der Waals surface area contributed by atoms with Gasteiger partial charge in [-0.25, -0.2) is 4.39 Å². The maximum atomic E-state index is 13.2. The van der Waals surface area contributed by atoms with Crippen LogP contribution in [0.4, 0.5) is 4.39 Å². The van der Waals surface area contributed by atoms with Crippen molar-refractivity contribution in [2.24, 2.45) is 0 Å². The third-order valence-electron chi connectivity index (χ3n) is 5.32. The molecule has 34 heavy (non-hydrogen) atoms. The summed E-state index contributed by atoms with van der Waals surface area (Å²) in [6.45, 7) is 0.633. The molecule has 6 nitrogen and oxygen atoms in total. The van der Waals surface area contributed by atoms with Gasteiger partial charge in [-0.15, -0.1) is 0 Å². The molecule has 0 radical (unpaired) electrons. The number of carboxylic acid groups (broad SMARTS) is 1. The summed E-state index contributed by atoms with van der Waals surface area (Å²) in [5.41, 5.74) is 1.71. The summed E-state index contributed by atoms with van der Waals surface area (Å²) in [5.74, 6) is -1.37. The zero-order valence-electron chi connectivity index (χ0n) is 18.5. The fraction of sp³-hybridized carbons (Fsp3) is 0.200. The van der Waals surface area contributed by atoms with Crippen LogP contribution in [-0.4, -0.2) is 25.0 Å². The standard InChI is InChI=1S/C25H21ClFNO5.Na/c26-21-13-20-19(25(30)31)9-11-32-22(20)14-23(21)33-18-6-4-16(5-7-18)24(29)28-10-8-15-2-1-3-17(27)12-15;/h1-7,12-14,19H,8-11H2,(H,28,29)(H,30,31);/q;+1/p-1. The van der Waals surface area contributed by atoms with E-state index >= 15 is 0 Å². The van der Waals surface area contributed by atoms with E-state index in [0.29, 0.717) is 47.8 Å². The normalized spacial score (nSPS) is 14.2. The number of fused-ring (bicyclic) bond motifs is 1. The van der Waals surface area contributed by atoms with Crippen LogP contribution in [0.5, 0.6) is 17.2 Å². The Bertz CT molecular complexity index is 1190. The van der Waals surface area contributed by atoms with Gasteiger partial charge in [-0.1, -0.05) is 23.7 Å². The molecule has 1 amide bonds. The van der Waals surface area contributed by atoms with E-state index in [-0.39, 0.29) is 52.9 Å². The average Bonchev–Trinajstić information content (AvgIpc) is 2.79. The number of amides is 1. The molecule has 1 N–H and O–H groups in total. The second kappa shape index (κ2) is 11.7. The molecular formula is C25H20ClFNNaO5. The number of rotatable bonds is 7. The first kappa shape index (κ1) is 26.0. The van der Waals surface area contributed by atoms with Gasteiger partial charge in [-0.3, -0.25) is 4.79 Å². The summed E-state index contributed by atoms with van der Waals surface area (Å²) in [5, 5.41) is 14.4. The summed E-state index contributed by atoms with van der Waals surface area (Å²) >= 11 is 6.30. The maximum Gasteiger partial charge on any atom is 1.00 e. The summed E-state index contributed by atoms with van der Waals surface area (Å²) in [7, 11) is 0. The molecule has 1 atom stereocenters. The van der Waals surface area contributed by atoms with Crippen molar-refractivity contribution in [2.45, 2.75) is 18.8 Å². The molecule has 0 spiro atoms. The number of carboxylic acids is 1. The van der Waals surface area contributed by atoms with Gasteiger partial charge >= 0.3 is 29.6 Å². The van der Waals surface area contributed by atoms with Crippen LogP contribution >= 0.6 is 11.6 Å². The van der Waals surface area contributed by atoms with Crippen molar-refractivity contribution in [2.75, 3.05) is 13.2 Å². The Morgan fingerprint density at radius 3 is 2.62 bits per heavy atom. The first-order chi connectivity index (χ1) is 15.9. The van der Waals surface area contributed by atoms with E-state index in [1.54, 1.807) is 42.5 Å². The van der Waals surface area contributed by atoms with E-state index < -0.39 is 11.9 Å². The molecule has 1 aliphatic heterocycles. The Balaban J connectivity index is 0.00000324. The van der Waals surface area contributed by atoms with Crippen LogP contribution in [0.15, 0.2) is 60.7 Å². The number of nitrogens with one attached hydrogen (secondary N) is 1. The van der Waals surface area contributed by atoms with E-state index in [1.807, 2.05) is 0 Å². The van der Waals surface area contributed by atoms with Crippen molar-refractivity contribution >= 4 is 23.5 Å². The fourth-order valence-corrected chi connectivity index (χ4v) is 3.84. The van der Waals surface area contributed by atoms with Crippen molar-refractivity contribution in [3.05, 3.63) is 88.2 Å². The molecule has 3 aromatic carbocycles. The van der Waals surface area contributed by atoms with Crippen molar-refractivity contribution in [3.63, 3.8) is 0 Å². The van der Waals surface area contributed by atoms with Gasteiger partial charge in [0.2, 0.25) is 0 Å². The summed E-state index contributed by atoms with van der Waals surface area (Å²) < 4.78 is 24.6. The van der Waals surface area contributed by atoms with Gasteiger partial charge in [0.15, 0.2) is 0 Å². The van der Waals surface area contributed by atoms with Crippen LogP contribution in [0.25, 0.3) is 0 Å². The number of hydrogen-bond acceptors (Lipinski definition) is 5. The second-order valence-electron chi connectivity index (χ2n) is 7.59. The number of carbonyl (C=O) groups excluding carboxylic acids is 2. The number of aliphatic carboxylic acids is 1. The average molecular weight is 492 g/mol. The number of ether oxygens (including phenoxy) is 2. The zero-order valence-corrected chi connectivity index (χ0v) is 21.2. The Hall–Kier alpha value is -2.58. The summed E-state index contributed by atoms with van der Waals surface area (Å²) in [6, 6.07) is 15.8. The molecule has 0 saturated heterocycles. The minimum absolute atomic E-state index is 0. The molecule has 4 rings (SSSR count). The number of hydrogen-bond donors (Lipinski definition) is 1. The third-order valence-corrected chi connectivity index (χ3v) is 5.62. The summed E-state index contributed by atoms with van der Waals surface area (Å²) in [4.78, 5) is 23.7. The van der Waals surface area contributed by atoms with E-state index in [2.05, 4.69) is 5.32 Å². The third kappa shape index (κ3) is 6.30. The molecular weight excluding hydrogens is 472 g/mol. The smallest absolute Gasteiger partial charge is 0.549 e. The van der Waals surface area contributed by atoms with Crippen LogP contribution in [0, 0.1) is 5.82 Å². The van der Waals surface area contributed by atoms with E-state index in [9.17, 15) is 19.1 Å². The van der Waals surface area contributed by atoms with Gasteiger partial charge in [-0.2, -0.15) is 0 Å². The van der Waals surface area contributed by atoms with Crippen molar-refractivity contribution < 1.29 is 58.1 Å². The predicted molar refractivity (Wildman–Crippen MR) is 118 cm³/mol. The SMILES string of the molecule is O=C(NCCc1cccc(F)c1)c1ccc(Oc2cc3c(cc2Cl)C(C(=O)[O-])CCO3)cc1.[Na+]. The minimum Gasteiger partial charge on any atom is -0.549 e. The number of benzene rings is 3. The fourth-order valence-electron chi connectivity index (χ4n) is 3.63. The van der Waals surface area contributed by atoms with E-state index in [4.69, 9.17) is 21.1 Å². The quantitative estimate of drug-likeness (QED) is 0.495. The predicted octanol–water partition coefficient (Wildman–Crippen LogP) is 0.864. The van der Waals surface area contributed by atoms with Gasteiger partial charge in [0.1, 0.15) is 23.1 Å². The van der Waals surface area contributed by atoms with Crippen molar-refractivity contribution in [1.29, 1.82) is 0 Å². The molecule has 1 unspecified atom stereocenters. The number of halogens is 2. The van der Waals surface area contributed by atoms with Crippen LogP contribution < -0.4 is 49.5 Å². The second-order valence-corrected chi connectivity index (χ2v) is 8.00. The molecule has 0 aliphatic carbocycles. The van der Waals surface area contributed by atoms with Crippen molar-refractivity contribution in [1.82, 2.24) is 5.32 Å². The largest absolute Gasteiger partial charge is 1.00 e. The van der Waals surface area contributed by atoms with Crippen LogP contribution in [0.1, 0.15) is 33.8 Å². The molecule has 0 saturated carbocycles. The van der Waals surface area contributed by atoms with Gasteiger partial charge in [0, 0.05) is 35.6 Å². The van der Waals surface area contributed by atoms with Gasteiger partial charge in [-0.05, 0) is 60.9 Å². The van der Waals surface area contributed by atoms with E-state index in [1.165, 1.54) is 18.2 Å². The molecule has 9 heteroatoms. The van der Waals surface area contributed by atoms with Crippen LogP contribution in [0.2, 0.25) is 5.02 Å². The number of carbonyl (C=O) groups is 2. The van der Waals surface area contributed by atoms with Gasteiger partial charge < -0.3 is 24.7 Å². The van der Waals surface area contributed by atoms with Gasteiger partial charge in [0.25, 0.3) is 5.91 Å². The molecule has 1 aliphatic rings. The topological polar surface area (TPSA) is 87.7 Å². The maximum absolute atomic E-state index is 13.2. The molecule has 0 fully saturated rings. The Kier molecular flexibility index (Phi) is 8.97. The first-order valence-electron chi connectivity index (χ1n) is 10.4. The monoisotopic (exact) mass is 491 g/mol. The molecule has 1 heterocycles. The Labute approximate surface area is 223 Å². The molecule has 0 aromatic heterocycles. The molecule has 170 valence electrons. The summed E-state index contributed by atoms with van der Waals surface area (Å²) in [6.07, 6.45) is 0.833. The van der Waals surface area contributed by atoms with Crippen molar-refractivity contribution in [3.8, 4) is 17.2 Å². The molecule has 3 aromatic rings. The van der Waals surface area contributed by atoms with Crippen LogP contribution in [-0.2, 0) is 11.2 Å². The van der Waals surface area contributed by atoms with Crippen LogP contribution in [0.3, 0.4) is 0 Å². The van der Waals surface area contributed by atoms with E-state index in [0.717, 1.165) is 5.56 Å². The minimum atomic E-state index is -1.17.